The van der Waals surface area contributed by atoms with Gasteiger partial charge in [-0.15, -0.1) is 0 Å². The molecule has 0 atom stereocenters. The van der Waals surface area contributed by atoms with E-state index in [1.807, 2.05) is 0 Å². The fourth-order valence-corrected chi connectivity index (χ4v) is 2.84. The van der Waals surface area contributed by atoms with Gasteiger partial charge in [0.25, 0.3) is 5.91 Å². The maximum atomic E-state index is 11.8. The minimum Gasteiger partial charge on any atom is -0.352 e. The Morgan fingerprint density at radius 2 is 2.11 bits per heavy atom. The highest BCUT2D eigenvalue weighted by molar-refractivity contribution is 9.10. The van der Waals surface area contributed by atoms with Crippen LogP contribution in [0.15, 0.2) is 22.7 Å². The molecule has 0 fully saturated rings. The van der Waals surface area contributed by atoms with Gasteiger partial charge in [0.2, 0.25) is 0 Å². The number of carbonyl (C=O) groups is 1. The summed E-state index contributed by atoms with van der Waals surface area (Å²) in [6.45, 7) is 0.320. The molecule has 0 radical (unpaired) electrons. The van der Waals surface area contributed by atoms with Gasteiger partial charge in [-0.1, -0.05) is 11.6 Å². The number of hydrogen-bond acceptors (Lipinski definition) is 3. The molecule has 0 aromatic heterocycles. The van der Waals surface area contributed by atoms with Gasteiger partial charge in [0.15, 0.2) is 0 Å². The maximum Gasteiger partial charge on any atom is 0.252 e. The first kappa shape index (κ1) is 15.5. The lowest BCUT2D eigenvalue weighted by molar-refractivity contribution is 0.0953. The number of amides is 1. The van der Waals surface area contributed by atoms with Crippen molar-refractivity contribution in [2.24, 2.45) is 0 Å². The monoisotopic (exact) mass is 353 g/mol. The first-order valence-electron chi connectivity index (χ1n) is 5.20. The third-order valence-corrected chi connectivity index (χ3v) is 4.07. The van der Waals surface area contributed by atoms with Crippen LogP contribution in [0.3, 0.4) is 0 Å². The van der Waals surface area contributed by atoms with Gasteiger partial charge in [-0.2, -0.15) is 0 Å². The Hall–Kier alpha value is -0.590. The van der Waals surface area contributed by atoms with Crippen LogP contribution in [0.5, 0.6) is 0 Å². The SMILES string of the molecule is CS(=O)(=O)CCCNC(=O)c1ccc(Cl)cc1Br. The zero-order valence-electron chi connectivity index (χ0n) is 9.74. The van der Waals surface area contributed by atoms with E-state index in [0.29, 0.717) is 28.0 Å². The second kappa shape index (κ2) is 6.54. The summed E-state index contributed by atoms with van der Waals surface area (Å²) in [5, 5.41) is 3.19. The number of rotatable bonds is 5. The van der Waals surface area contributed by atoms with Crippen molar-refractivity contribution in [3.8, 4) is 0 Å². The van der Waals surface area contributed by atoms with Gasteiger partial charge >= 0.3 is 0 Å². The number of carbonyl (C=O) groups excluding carboxylic acids is 1. The van der Waals surface area contributed by atoms with E-state index in [1.165, 1.54) is 6.26 Å². The Bertz CT molecular complexity index is 545. The van der Waals surface area contributed by atoms with E-state index in [9.17, 15) is 13.2 Å². The van der Waals surface area contributed by atoms with E-state index in [4.69, 9.17) is 11.6 Å². The predicted molar refractivity (Wildman–Crippen MR) is 75.8 cm³/mol. The first-order chi connectivity index (χ1) is 8.29. The fraction of sp³-hybridized carbons (Fsp3) is 0.364. The van der Waals surface area contributed by atoms with Gasteiger partial charge in [-0.25, -0.2) is 8.42 Å². The van der Waals surface area contributed by atoms with Crippen LogP contribution in [0.2, 0.25) is 5.02 Å². The van der Waals surface area contributed by atoms with E-state index in [-0.39, 0.29) is 11.7 Å². The Balaban J connectivity index is 2.51. The molecule has 0 unspecified atom stereocenters. The molecule has 0 aliphatic heterocycles. The summed E-state index contributed by atoms with van der Waals surface area (Å²) in [5.74, 6) is -0.193. The normalized spacial score (nSPS) is 11.3. The molecule has 7 heteroatoms. The van der Waals surface area contributed by atoms with E-state index in [1.54, 1.807) is 18.2 Å². The summed E-state index contributed by atoms with van der Waals surface area (Å²) in [4.78, 5) is 11.8. The van der Waals surface area contributed by atoms with Crippen LogP contribution in [0.25, 0.3) is 0 Å². The lowest BCUT2D eigenvalue weighted by Crippen LogP contribution is -2.26. The highest BCUT2D eigenvalue weighted by Gasteiger charge is 2.10. The average Bonchev–Trinajstić information content (AvgIpc) is 2.22. The number of hydrogen-bond donors (Lipinski definition) is 1. The molecule has 100 valence electrons. The highest BCUT2D eigenvalue weighted by atomic mass is 79.9. The van der Waals surface area contributed by atoms with Crippen molar-refractivity contribution in [1.82, 2.24) is 5.32 Å². The summed E-state index contributed by atoms with van der Waals surface area (Å²) in [6, 6.07) is 4.86. The van der Waals surface area contributed by atoms with Gasteiger partial charge in [0.05, 0.1) is 11.3 Å². The van der Waals surface area contributed by atoms with Crippen molar-refractivity contribution >= 4 is 43.3 Å². The van der Waals surface area contributed by atoms with Crippen molar-refractivity contribution in [3.63, 3.8) is 0 Å². The quantitative estimate of drug-likeness (QED) is 0.825. The van der Waals surface area contributed by atoms with Gasteiger partial charge in [-0.05, 0) is 40.5 Å². The van der Waals surface area contributed by atoms with Gasteiger partial charge in [0, 0.05) is 22.3 Å². The van der Waals surface area contributed by atoms with Gasteiger partial charge < -0.3 is 5.32 Å². The lowest BCUT2D eigenvalue weighted by Gasteiger charge is -2.06. The molecule has 0 heterocycles. The topological polar surface area (TPSA) is 63.2 Å². The molecule has 1 rings (SSSR count). The standard InChI is InChI=1S/C11H13BrClNO3S/c1-18(16,17)6-2-5-14-11(15)9-4-3-8(13)7-10(9)12/h3-4,7H,2,5-6H2,1H3,(H,14,15). The van der Waals surface area contributed by atoms with Crippen LogP contribution in [0.1, 0.15) is 16.8 Å². The molecule has 18 heavy (non-hydrogen) atoms. The van der Waals surface area contributed by atoms with Crippen molar-refractivity contribution in [3.05, 3.63) is 33.3 Å². The second-order valence-electron chi connectivity index (χ2n) is 3.86. The van der Waals surface area contributed by atoms with Crippen molar-refractivity contribution in [1.29, 1.82) is 0 Å². The predicted octanol–water partition coefficient (Wildman–Crippen LogP) is 2.27. The van der Waals surface area contributed by atoms with Crippen molar-refractivity contribution in [2.45, 2.75) is 6.42 Å². The minimum absolute atomic E-state index is 0.0646. The third-order valence-electron chi connectivity index (χ3n) is 2.15. The van der Waals surface area contributed by atoms with Crippen LogP contribution in [-0.2, 0) is 9.84 Å². The van der Waals surface area contributed by atoms with E-state index >= 15 is 0 Å². The Morgan fingerprint density at radius 3 is 2.67 bits per heavy atom. The molecule has 0 aliphatic rings. The Morgan fingerprint density at radius 1 is 1.44 bits per heavy atom. The minimum atomic E-state index is -2.98. The van der Waals surface area contributed by atoms with Gasteiger partial charge in [0.1, 0.15) is 9.84 Å². The Labute approximate surface area is 120 Å². The maximum absolute atomic E-state index is 11.8. The highest BCUT2D eigenvalue weighted by Crippen LogP contribution is 2.21. The van der Waals surface area contributed by atoms with Crippen molar-refractivity contribution in [2.75, 3.05) is 18.6 Å². The molecule has 1 amide bonds. The van der Waals surface area contributed by atoms with Crippen LogP contribution < -0.4 is 5.32 Å². The van der Waals surface area contributed by atoms with Crippen LogP contribution in [0, 0.1) is 0 Å². The summed E-state index contributed by atoms with van der Waals surface area (Å²) < 4.78 is 22.4. The largest absolute Gasteiger partial charge is 0.352 e. The molecule has 1 N–H and O–H groups in total. The van der Waals surface area contributed by atoms with Crippen LogP contribution >= 0.6 is 27.5 Å². The average molecular weight is 355 g/mol. The van der Waals surface area contributed by atoms with Gasteiger partial charge in [-0.3, -0.25) is 4.79 Å². The molecule has 0 saturated carbocycles. The Kier molecular flexibility index (Phi) is 5.62. The molecular weight excluding hydrogens is 342 g/mol. The molecule has 1 aromatic carbocycles. The van der Waals surface area contributed by atoms with E-state index < -0.39 is 9.84 Å². The number of sulfone groups is 1. The molecular formula is C11H13BrClNO3S. The second-order valence-corrected chi connectivity index (χ2v) is 7.41. The fourth-order valence-electron chi connectivity index (χ4n) is 1.31. The number of benzene rings is 1. The van der Waals surface area contributed by atoms with Crippen LogP contribution in [0.4, 0.5) is 0 Å². The molecule has 0 spiro atoms. The molecule has 0 aliphatic carbocycles. The summed E-state index contributed by atoms with van der Waals surface area (Å²) in [6.07, 6.45) is 1.57. The first-order valence-corrected chi connectivity index (χ1v) is 8.44. The molecule has 4 nitrogen and oxygen atoms in total. The number of nitrogens with one attached hydrogen (secondary N) is 1. The van der Waals surface area contributed by atoms with Crippen molar-refractivity contribution < 1.29 is 13.2 Å². The van der Waals surface area contributed by atoms with Crippen LogP contribution in [-0.4, -0.2) is 32.9 Å². The zero-order chi connectivity index (χ0) is 13.8. The van der Waals surface area contributed by atoms with E-state index in [2.05, 4.69) is 21.2 Å². The smallest absolute Gasteiger partial charge is 0.252 e. The lowest BCUT2D eigenvalue weighted by atomic mass is 10.2. The zero-order valence-corrected chi connectivity index (χ0v) is 12.9. The molecule has 0 bridgehead atoms. The molecule has 0 saturated heterocycles. The van der Waals surface area contributed by atoms with E-state index in [0.717, 1.165) is 0 Å². The number of halogens is 2. The summed E-state index contributed by atoms with van der Waals surface area (Å²) in [5.41, 5.74) is 0.471. The molecule has 1 aromatic rings. The summed E-state index contributed by atoms with van der Waals surface area (Å²) >= 11 is 9.02. The summed E-state index contributed by atoms with van der Waals surface area (Å²) in [7, 11) is -2.98. The third kappa shape index (κ3) is 5.37.